The maximum atomic E-state index is 11.4. The van der Waals surface area contributed by atoms with Crippen LogP contribution in [0.25, 0.3) is 0 Å². The van der Waals surface area contributed by atoms with E-state index in [-0.39, 0.29) is 6.61 Å². The Labute approximate surface area is 160 Å². The Morgan fingerprint density at radius 1 is 0.846 bits per heavy atom. The summed E-state index contributed by atoms with van der Waals surface area (Å²) in [6, 6.07) is 0. The number of unbranched alkanes of at least 4 members (excludes halogenated alkanes) is 11. The summed E-state index contributed by atoms with van der Waals surface area (Å²) >= 11 is 0. The van der Waals surface area contributed by atoms with Crippen LogP contribution in [0, 0.1) is 0 Å². The molecule has 0 unspecified atom stereocenters. The quantitative estimate of drug-likeness (QED) is 0.146. The minimum absolute atomic E-state index is 0.275. The molecule has 0 aliphatic heterocycles. The van der Waals surface area contributed by atoms with Crippen LogP contribution in [0.2, 0.25) is 0 Å². The summed E-state index contributed by atoms with van der Waals surface area (Å²) < 4.78 is 34.2. The van der Waals surface area contributed by atoms with Crippen molar-refractivity contribution >= 4 is 16.1 Å². The number of rotatable bonds is 18. The third kappa shape index (κ3) is 21.2. The molecular weight excluding hydrogens is 352 g/mol. The third-order valence-corrected chi connectivity index (χ3v) is 4.93. The number of hydrogen-bond acceptors (Lipinski definition) is 4. The van der Waals surface area contributed by atoms with Gasteiger partial charge in [-0.3, -0.25) is 9.35 Å². The van der Waals surface area contributed by atoms with Crippen molar-refractivity contribution < 1.29 is 22.5 Å². The molecule has 0 bridgehead atoms. The van der Waals surface area contributed by atoms with Gasteiger partial charge in [-0.25, -0.2) is 0 Å². The Hall–Kier alpha value is -0.880. The van der Waals surface area contributed by atoms with Gasteiger partial charge in [-0.2, -0.15) is 8.42 Å². The van der Waals surface area contributed by atoms with E-state index in [0.717, 1.165) is 25.7 Å². The first kappa shape index (κ1) is 25.1. The normalized spacial score (nSPS) is 11.9. The van der Waals surface area contributed by atoms with Crippen LogP contribution >= 0.6 is 0 Å². The van der Waals surface area contributed by atoms with Gasteiger partial charge in [0.15, 0.2) is 0 Å². The molecule has 0 radical (unpaired) electrons. The smallest absolute Gasteiger partial charge is 0.305 e. The maximum absolute atomic E-state index is 11.4. The predicted molar refractivity (Wildman–Crippen MR) is 107 cm³/mol. The molecule has 0 aromatic carbocycles. The van der Waals surface area contributed by atoms with Crippen LogP contribution in [0.1, 0.15) is 96.8 Å². The molecular formula is C20H38O5S. The van der Waals surface area contributed by atoms with Gasteiger partial charge in [0.25, 0.3) is 10.1 Å². The first-order valence-electron chi connectivity index (χ1n) is 10.2. The van der Waals surface area contributed by atoms with Crippen LogP contribution in [0.4, 0.5) is 0 Å². The molecule has 0 aliphatic carbocycles. The monoisotopic (exact) mass is 390 g/mol. The Morgan fingerprint density at radius 2 is 1.35 bits per heavy atom. The summed E-state index contributed by atoms with van der Waals surface area (Å²) in [6.45, 7) is 1.97. The van der Waals surface area contributed by atoms with E-state index in [4.69, 9.17) is 9.29 Å². The topological polar surface area (TPSA) is 80.7 Å². The highest BCUT2D eigenvalue weighted by Gasteiger charge is 2.07. The van der Waals surface area contributed by atoms with Gasteiger partial charge in [-0.05, 0) is 32.1 Å². The summed E-state index contributed by atoms with van der Waals surface area (Å²) in [4.78, 5) is 11.4. The molecule has 0 aromatic rings. The predicted octanol–water partition coefficient (Wildman–Crippen LogP) is 5.45. The van der Waals surface area contributed by atoms with E-state index in [2.05, 4.69) is 19.1 Å². The molecule has 154 valence electrons. The van der Waals surface area contributed by atoms with Crippen molar-refractivity contribution in [2.45, 2.75) is 96.8 Å². The first-order valence-corrected chi connectivity index (χ1v) is 11.8. The zero-order valence-corrected chi connectivity index (χ0v) is 17.3. The molecule has 6 heteroatoms. The van der Waals surface area contributed by atoms with Crippen molar-refractivity contribution in [2.75, 3.05) is 12.4 Å². The minimum atomic E-state index is -4.05. The second-order valence-corrected chi connectivity index (χ2v) is 8.41. The molecule has 0 fully saturated rings. The summed E-state index contributed by atoms with van der Waals surface area (Å²) in [5, 5.41) is 0. The van der Waals surface area contributed by atoms with Gasteiger partial charge in [0.1, 0.15) is 12.4 Å². The molecule has 0 rings (SSSR count). The summed E-state index contributed by atoms with van der Waals surface area (Å²) in [6.07, 6.45) is 20.5. The fourth-order valence-corrected chi connectivity index (χ4v) is 2.97. The van der Waals surface area contributed by atoms with E-state index in [9.17, 15) is 13.2 Å². The Morgan fingerprint density at radius 3 is 1.88 bits per heavy atom. The van der Waals surface area contributed by atoms with Crippen LogP contribution in [0.3, 0.4) is 0 Å². The standard InChI is InChI=1S/C20H38O5S/c1-2-3-4-5-6-7-8-9-10-11-12-13-14-15-16-17-20(21)25-18-19-26(22,23)24/h9-10H,2-8,11-19H2,1H3,(H,22,23,24)/b10-9+. The van der Waals surface area contributed by atoms with Gasteiger partial charge in [-0.15, -0.1) is 0 Å². The summed E-state index contributed by atoms with van der Waals surface area (Å²) in [7, 11) is -4.05. The van der Waals surface area contributed by atoms with Crippen LogP contribution in [-0.2, 0) is 19.6 Å². The SMILES string of the molecule is CCCCCCCC/C=C/CCCCCCCC(=O)OCCS(=O)(=O)O. The first-order chi connectivity index (χ1) is 12.5. The number of carbonyl (C=O) groups excluding carboxylic acids is 1. The molecule has 0 amide bonds. The van der Waals surface area contributed by atoms with Crippen LogP contribution in [0.5, 0.6) is 0 Å². The second-order valence-electron chi connectivity index (χ2n) is 6.84. The highest BCUT2D eigenvalue weighted by Crippen LogP contribution is 2.10. The van der Waals surface area contributed by atoms with E-state index >= 15 is 0 Å². The number of ether oxygens (including phenoxy) is 1. The number of allylic oxidation sites excluding steroid dienone is 2. The van der Waals surface area contributed by atoms with Crippen molar-refractivity contribution in [3.63, 3.8) is 0 Å². The van der Waals surface area contributed by atoms with Crippen molar-refractivity contribution in [3.8, 4) is 0 Å². The molecule has 26 heavy (non-hydrogen) atoms. The van der Waals surface area contributed by atoms with Gasteiger partial charge in [0.2, 0.25) is 0 Å². The molecule has 0 atom stereocenters. The van der Waals surface area contributed by atoms with Gasteiger partial charge in [-0.1, -0.05) is 70.4 Å². The van der Waals surface area contributed by atoms with E-state index in [0.29, 0.717) is 6.42 Å². The average Bonchev–Trinajstić information content (AvgIpc) is 2.57. The van der Waals surface area contributed by atoms with Crippen molar-refractivity contribution in [1.29, 1.82) is 0 Å². The highest BCUT2D eigenvalue weighted by atomic mass is 32.2. The van der Waals surface area contributed by atoms with Gasteiger partial charge < -0.3 is 4.74 Å². The minimum Gasteiger partial charge on any atom is -0.464 e. The lowest BCUT2D eigenvalue weighted by molar-refractivity contribution is -0.143. The number of hydrogen-bond donors (Lipinski definition) is 1. The maximum Gasteiger partial charge on any atom is 0.305 e. The molecule has 0 saturated heterocycles. The lowest BCUT2D eigenvalue weighted by Gasteiger charge is -2.03. The van der Waals surface area contributed by atoms with Crippen LogP contribution < -0.4 is 0 Å². The Kier molecular flexibility index (Phi) is 16.9. The Balaban J connectivity index is 3.28. The van der Waals surface area contributed by atoms with Crippen molar-refractivity contribution in [2.24, 2.45) is 0 Å². The molecule has 5 nitrogen and oxygen atoms in total. The summed E-state index contributed by atoms with van der Waals surface area (Å²) in [5.74, 6) is -0.934. The molecule has 0 aliphatic rings. The molecule has 0 aromatic heterocycles. The van der Waals surface area contributed by atoms with E-state index < -0.39 is 21.8 Å². The lowest BCUT2D eigenvalue weighted by Crippen LogP contribution is -2.14. The number of carbonyl (C=O) groups is 1. The van der Waals surface area contributed by atoms with E-state index in [1.54, 1.807) is 0 Å². The van der Waals surface area contributed by atoms with Crippen LogP contribution in [-0.4, -0.2) is 31.3 Å². The lowest BCUT2D eigenvalue weighted by atomic mass is 10.1. The largest absolute Gasteiger partial charge is 0.464 e. The zero-order valence-electron chi connectivity index (χ0n) is 16.5. The van der Waals surface area contributed by atoms with Gasteiger partial charge >= 0.3 is 5.97 Å². The summed E-state index contributed by atoms with van der Waals surface area (Å²) in [5.41, 5.74) is 0. The fraction of sp³-hybridized carbons (Fsp3) is 0.850. The van der Waals surface area contributed by atoms with E-state index in [1.165, 1.54) is 57.8 Å². The fourth-order valence-electron chi connectivity index (χ4n) is 2.67. The Bertz CT molecular complexity index is 457. The second kappa shape index (κ2) is 17.5. The average molecular weight is 391 g/mol. The molecule has 1 N–H and O–H groups in total. The zero-order chi connectivity index (χ0) is 19.5. The van der Waals surface area contributed by atoms with Crippen molar-refractivity contribution in [1.82, 2.24) is 0 Å². The van der Waals surface area contributed by atoms with Crippen molar-refractivity contribution in [3.05, 3.63) is 12.2 Å². The van der Waals surface area contributed by atoms with Gasteiger partial charge in [0.05, 0.1) is 0 Å². The molecule has 0 heterocycles. The molecule has 0 spiro atoms. The molecule has 0 saturated carbocycles. The van der Waals surface area contributed by atoms with Crippen LogP contribution in [0.15, 0.2) is 12.2 Å². The third-order valence-electron chi connectivity index (χ3n) is 4.25. The number of esters is 1. The van der Waals surface area contributed by atoms with Gasteiger partial charge in [0, 0.05) is 6.42 Å². The highest BCUT2D eigenvalue weighted by molar-refractivity contribution is 7.85. The van der Waals surface area contributed by atoms with E-state index in [1.807, 2.05) is 0 Å².